The molecule has 1 aromatic heterocycles. The van der Waals surface area contributed by atoms with E-state index in [4.69, 9.17) is 9.15 Å². The third-order valence-corrected chi connectivity index (χ3v) is 6.19. The molecule has 0 saturated carbocycles. The molecule has 0 bridgehead atoms. The number of ketones is 1. The van der Waals surface area contributed by atoms with Gasteiger partial charge in [0.25, 0.3) is 0 Å². The molecule has 3 aromatic rings. The molecule has 8 heteroatoms. The van der Waals surface area contributed by atoms with Gasteiger partial charge in [-0.05, 0) is 48.9 Å². The van der Waals surface area contributed by atoms with Crippen LogP contribution in [0.25, 0.3) is 0 Å². The minimum atomic E-state index is -3.94. The quantitative estimate of drug-likeness (QED) is 0.518. The molecule has 152 valence electrons. The maximum absolute atomic E-state index is 14.1. The molecular formula is C21H20FNO5S. The summed E-state index contributed by atoms with van der Waals surface area (Å²) in [6.07, 6.45) is 1.45. The molecule has 0 aliphatic rings. The van der Waals surface area contributed by atoms with Crippen LogP contribution in [0.3, 0.4) is 0 Å². The van der Waals surface area contributed by atoms with Crippen LogP contribution in [0.4, 0.5) is 4.39 Å². The van der Waals surface area contributed by atoms with Crippen LogP contribution < -0.4 is 4.74 Å². The summed E-state index contributed by atoms with van der Waals surface area (Å²) in [5.74, 6) is -0.210. The van der Waals surface area contributed by atoms with Crippen LogP contribution >= 0.6 is 0 Å². The van der Waals surface area contributed by atoms with Crippen molar-refractivity contribution in [2.75, 3.05) is 7.11 Å². The van der Waals surface area contributed by atoms with E-state index in [1.165, 1.54) is 61.0 Å². The zero-order valence-corrected chi connectivity index (χ0v) is 16.8. The molecule has 6 nitrogen and oxygen atoms in total. The van der Waals surface area contributed by atoms with Gasteiger partial charge in [0.1, 0.15) is 5.76 Å². The Bertz CT molecular complexity index is 1090. The third kappa shape index (κ3) is 4.72. The summed E-state index contributed by atoms with van der Waals surface area (Å²) in [7, 11) is -2.58. The van der Waals surface area contributed by atoms with Gasteiger partial charge < -0.3 is 9.15 Å². The molecule has 1 heterocycles. The molecule has 0 radical (unpaired) electrons. The Hall–Kier alpha value is -2.97. The lowest BCUT2D eigenvalue weighted by molar-refractivity contribution is 0.101. The minimum Gasteiger partial charge on any atom is -0.494 e. The molecule has 0 aliphatic carbocycles. The summed E-state index contributed by atoms with van der Waals surface area (Å²) in [5, 5.41) is 0. The second kappa shape index (κ2) is 8.59. The predicted octanol–water partition coefficient (Wildman–Crippen LogP) is 4.02. The molecule has 0 amide bonds. The Morgan fingerprint density at radius 2 is 1.83 bits per heavy atom. The van der Waals surface area contributed by atoms with Crippen molar-refractivity contribution >= 4 is 15.8 Å². The molecule has 0 fully saturated rings. The maximum atomic E-state index is 14.1. The molecule has 0 saturated heterocycles. The van der Waals surface area contributed by atoms with E-state index in [0.29, 0.717) is 16.9 Å². The van der Waals surface area contributed by atoms with Crippen molar-refractivity contribution in [2.45, 2.75) is 24.9 Å². The Morgan fingerprint density at radius 3 is 2.38 bits per heavy atom. The second-order valence-corrected chi connectivity index (χ2v) is 8.34. The first-order valence-electron chi connectivity index (χ1n) is 8.77. The summed E-state index contributed by atoms with van der Waals surface area (Å²) in [6, 6.07) is 13.3. The molecule has 29 heavy (non-hydrogen) atoms. The van der Waals surface area contributed by atoms with E-state index in [1.54, 1.807) is 18.2 Å². The van der Waals surface area contributed by atoms with Gasteiger partial charge in [0.15, 0.2) is 17.3 Å². The predicted molar refractivity (Wildman–Crippen MR) is 105 cm³/mol. The first-order valence-corrected chi connectivity index (χ1v) is 10.2. The minimum absolute atomic E-state index is 0.0303. The second-order valence-electron chi connectivity index (χ2n) is 6.40. The summed E-state index contributed by atoms with van der Waals surface area (Å²) in [5.41, 5.74) is 0.873. The fourth-order valence-electron chi connectivity index (χ4n) is 2.82. The average molecular weight is 417 g/mol. The Kier molecular flexibility index (Phi) is 6.14. The fraction of sp³-hybridized carbons (Fsp3) is 0.190. The smallest absolute Gasteiger partial charge is 0.243 e. The van der Waals surface area contributed by atoms with Crippen molar-refractivity contribution in [1.29, 1.82) is 0 Å². The van der Waals surface area contributed by atoms with Gasteiger partial charge >= 0.3 is 0 Å². The van der Waals surface area contributed by atoms with Gasteiger partial charge in [-0.1, -0.05) is 18.2 Å². The number of Topliss-reactive ketones (excluding diaryl/α,β-unsaturated/α-hetero) is 1. The zero-order valence-electron chi connectivity index (χ0n) is 16.0. The van der Waals surface area contributed by atoms with E-state index in [9.17, 15) is 17.6 Å². The van der Waals surface area contributed by atoms with Crippen molar-refractivity contribution in [3.05, 3.63) is 83.6 Å². The van der Waals surface area contributed by atoms with E-state index < -0.39 is 15.8 Å². The largest absolute Gasteiger partial charge is 0.494 e. The van der Waals surface area contributed by atoms with Crippen LogP contribution in [0.2, 0.25) is 0 Å². The lowest BCUT2D eigenvalue weighted by Gasteiger charge is -2.22. The number of rotatable bonds is 8. The number of benzene rings is 2. The summed E-state index contributed by atoms with van der Waals surface area (Å²) in [6.45, 7) is 1.31. The Labute approximate surface area is 168 Å². The Balaban J connectivity index is 1.95. The summed E-state index contributed by atoms with van der Waals surface area (Å²) in [4.78, 5) is 11.5. The number of methoxy groups -OCH3 is 1. The van der Waals surface area contributed by atoms with E-state index in [-0.39, 0.29) is 29.5 Å². The Morgan fingerprint density at radius 1 is 1.10 bits per heavy atom. The highest BCUT2D eigenvalue weighted by molar-refractivity contribution is 7.89. The highest BCUT2D eigenvalue weighted by Crippen LogP contribution is 2.24. The van der Waals surface area contributed by atoms with Crippen molar-refractivity contribution < 1.29 is 26.8 Å². The molecule has 0 spiro atoms. The van der Waals surface area contributed by atoms with Gasteiger partial charge in [-0.15, -0.1) is 0 Å². The van der Waals surface area contributed by atoms with Crippen molar-refractivity contribution in [3.63, 3.8) is 0 Å². The van der Waals surface area contributed by atoms with Crippen molar-refractivity contribution in [1.82, 2.24) is 4.31 Å². The van der Waals surface area contributed by atoms with Gasteiger partial charge in [0.2, 0.25) is 10.0 Å². The van der Waals surface area contributed by atoms with Crippen LogP contribution in [-0.4, -0.2) is 25.6 Å². The van der Waals surface area contributed by atoms with E-state index in [0.717, 1.165) is 0 Å². The number of furan rings is 1. The van der Waals surface area contributed by atoms with Gasteiger partial charge in [-0.25, -0.2) is 12.8 Å². The number of ether oxygens (including phenoxy) is 1. The van der Waals surface area contributed by atoms with Gasteiger partial charge in [-0.2, -0.15) is 4.31 Å². The van der Waals surface area contributed by atoms with Crippen LogP contribution in [-0.2, 0) is 23.1 Å². The van der Waals surface area contributed by atoms with Gasteiger partial charge in [0, 0.05) is 12.1 Å². The zero-order chi connectivity index (χ0) is 21.0. The van der Waals surface area contributed by atoms with E-state index >= 15 is 0 Å². The van der Waals surface area contributed by atoms with Crippen molar-refractivity contribution in [3.8, 4) is 5.75 Å². The molecule has 0 unspecified atom stereocenters. The number of nitrogens with zero attached hydrogens (tertiary/aromatic N) is 1. The molecular weight excluding hydrogens is 397 g/mol. The topological polar surface area (TPSA) is 76.8 Å². The maximum Gasteiger partial charge on any atom is 0.243 e. The molecule has 0 N–H and O–H groups in total. The van der Waals surface area contributed by atoms with Crippen molar-refractivity contribution in [2.24, 2.45) is 0 Å². The van der Waals surface area contributed by atoms with Gasteiger partial charge in [0.05, 0.1) is 24.8 Å². The normalized spacial score (nSPS) is 11.6. The van der Waals surface area contributed by atoms with Gasteiger partial charge in [-0.3, -0.25) is 4.79 Å². The number of hydrogen-bond acceptors (Lipinski definition) is 5. The lowest BCUT2D eigenvalue weighted by atomic mass is 10.2. The molecule has 0 aliphatic heterocycles. The summed E-state index contributed by atoms with van der Waals surface area (Å²) < 4.78 is 51.9. The number of hydrogen-bond donors (Lipinski definition) is 0. The molecule has 2 aromatic carbocycles. The number of carbonyl (C=O) groups is 1. The van der Waals surface area contributed by atoms with Crippen LogP contribution in [0.15, 0.2) is 70.2 Å². The highest BCUT2D eigenvalue weighted by Gasteiger charge is 2.26. The highest BCUT2D eigenvalue weighted by atomic mass is 32.2. The van der Waals surface area contributed by atoms with Crippen LogP contribution in [0.1, 0.15) is 28.6 Å². The summed E-state index contributed by atoms with van der Waals surface area (Å²) >= 11 is 0. The van der Waals surface area contributed by atoms with E-state index in [1.807, 2.05) is 0 Å². The number of sulfonamides is 1. The molecule has 3 rings (SSSR count). The average Bonchev–Trinajstić information content (AvgIpc) is 3.21. The lowest BCUT2D eigenvalue weighted by Crippen LogP contribution is -2.30. The number of carbonyl (C=O) groups excluding carboxylic acids is 1. The first-order chi connectivity index (χ1) is 13.8. The fourth-order valence-corrected chi connectivity index (χ4v) is 4.22. The third-order valence-electron chi connectivity index (χ3n) is 4.39. The SMILES string of the molecule is COc1ccc(CN(Cc2ccco2)S(=O)(=O)c2ccc(C(C)=O)cc2)cc1F. The van der Waals surface area contributed by atoms with E-state index in [2.05, 4.69) is 0 Å². The van der Waals surface area contributed by atoms with Crippen LogP contribution in [0, 0.1) is 5.82 Å². The number of halogens is 1. The standard InChI is InChI=1S/C21H20FNO5S/c1-15(24)17-6-8-19(9-7-17)29(25,26)23(14-18-4-3-11-28-18)13-16-5-10-21(27-2)20(22)12-16/h3-12H,13-14H2,1-2H3. The molecule has 0 atom stereocenters. The first kappa shape index (κ1) is 20.8. The van der Waals surface area contributed by atoms with Crippen LogP contribution in [0.5, 0.6) is 5.75 Å². The monoisotopic (exact) mass is 417 g/mol.